The minimum absolute atomic E-state index is 0.0127. The number of benzene rings is 1. The molecule has 20 heavy (non-hydrogen) atoms. The standard InChI is InChI=1S/C15H21N3O2/c1-14(2,3)10-4-6-11(7-5-10)17-13(19)15(8-9-15)12(16)18-20/h4-7,20H,8-9H2,1-3H3,(H2,16,18)(H,17,19). The third kappa shape index (κ3) is 2.61. The SMILES string of the molecule is CC(C)(C)c1ccc(NC(=O)C2(/C(N)=N/O)CC2)cc1. The highest BCUT2D eigenvalue weighted by atomic mass is 16.4. The van der Waals surface area contributed by atoms with E-state index in [4.69, 9.17) is 10.9 Å². The highest BCUT2D eigenvalue weighted by molar-refractivity contribution is 6.14. The number of nitrogens with one attached hydrogen (secondary N) is 1. The number of amidine groups is 1. The van der Waals surface area contributed by atoms with Crippen molar-refractivity contribution in [2.24, 2.45) is 16.3 Å². The summed E-state index contributed by atoms with van der Waals surface area (Å²) in [6, 6.07) is 7.75. The van der Waals surface area contributed by atoms with Crippen LogP contribution in [0.15, 0.2) is 29.4 Å². The molecule has 0 radical (unpaired) electrons. The summed E-state index contributed by atoms with van der Waals surface area (Å²) in [5.74, 6) is -0.224. The maximum absolute atomic E-state index is 12.2. The minimum Gasteiger partial charge on any atom is -0.409 e. The average Bonchev–Trinajstić information content (AvgIpc) is 3.19. The first-order valence-corrected chi connectivity index (χ1v) is 6.69. The molecule has 2 rings (SSSR count). The fraction of sp³-hybridized carbons (Fsp3) is 0.467. The van der Waals surface area contributed by atoms with Crippen molar-refractivity contribution < 1.29 is 10.0 Å². The number of anilines is 1. The number of nitrogens with zero attached hydrogens (tertiary/aromatic N) is 1. The Morgan fingerprint density at radius 2 is 1.85 bits per heavy atom. The Balaban J connectivity index is 2.10. The number of hydrogen-bond acceptors (Lipinski definition) is 3. The van der Waals surface area contributed by atoms with Crippen molar-refractivity contribution in [3.05, 3.63) is 29.8 Å². The first-order valence-electron chi connectivity index (χ1n) is 6.69. The number of rotatable bonds is 3. The van der Waals surface area contributed by atoms with Crippen LogP contribution >= 0.6 is 0 Å². The lowest BCUT2D eigenvalue weighted by Crippen LogP contribution is -2.36. The second kappa shape index (κ2) is 4.81. The van der Waals surface area contributed by atoms with Crippen molar-refractivity contribution in [2.75, 3.05) is 5.32 Å². The molecule has 5 heteroatoms. The lowest BCUT2D eigenvalue weighted by molar-refractivity contribution is -0.119. The van der Waals surface area contributed by atoms with Gasteiger partial charge in [-0.15, -0.1) is 0 Å². The summed E-state index contributed by atoms with van der Waals surface area (Å²) < 4.78 is 0. The van der Waals surface area contributed by atoms with Crippen molar-refractivity contribution in [3.63, 3.8) is 0 Å². The van der Waals surface area contributed by atoms with Crippen LogP contribution in [0.5, 0.6) is 0 Å². The molecule has 0 aliphatic heterocycles. The van der Waals surface area contributed by atoms with Crippen LogP contribution in [0, 0.1) is 5.41 Å². The van der Waals surface area contributed by atoms with Gasteiger partial charge in [0.1, 0.15) is 5.41 Å². The molecular formula is C15H21N3O2. The van der Waals surface area contributed by atoms with Crippen LogP contribution in [0.25, 0.3) is 0 Å². The molecule has 0 saturated heterocycles. The van der Waals surface area contributed by atoms with E-state index in [0.29, 0.717) is 12.8 Å². The fourth-order valence-electron chi connectivity index (χ4n) is 2.12. The van der Waals surface area contributed by atoms with Gasteiger partial charge in [0.05, 0.1) is 0 Å². The van der Waals surface area contributed by atoms with Gasteiger partial charge in [0.2, 0.25) is 5.91 Å². The fourth-order valence-corrected chi connectivity index (χ4v) is 2.12. The molecule has 1 amide bonds. The molecule has 108 valence electrons. The third-order valence-electron chi connectivity index (χ3n) is 3.79. The Morgan fingerprint density at radius 1 is 1.30 bits per heavy atom. The quantitative estimate of drug-likeness (QED) is 0.343. The van der Waals surface area contributed by atoms with E-state index in [1.807, 2.05) is 24.3 Å². The summed E-state index contributed by atoms with van der Waals surface area (Å²) in [5.41, 5.74) is 6.77. The largest absolute Gasteiger partial charge is 0.409 e. The molecule has 1 aliphatic rings. The van der Waals surface area contributed by atoms with E-state index in [9.17, 15) is 4.79 Å². The molecule has 1 fully saturated rings. The van der Waals surface area contributed by atoms with Crippen molar-refractivity contribution in [3.8, 4) is 0 Å². The van der Waals surface area contributed by atoms with E-state index in [1.165, 1.54) is 5.56 Å². The zero-order valence-electron chi connectivity index (χ0n) is 12.1. The minimum atomic E-state index is -0.822. The van der Waals surface area contributed by atoms with E-state index in [-0.39, 0.29) is 17.2 Å². The average molecular weight is 275 g/mol. The smallest absolute Gasteiger partial charge is 0.238 e. The summed E-state index contributed by atoms with van der Waals surface area (Å²) in [7, 11) is 0. The van der Waals surface area contributed by atoms with E-state index >= 15 is 0 Å². The van der Waals surface area contributed by atoms with Crippen LogP contribution in [-0.4, -0.2) is 17.0 Å². The normalized spacial score (nSPS) is 17.6. The lowest BCUT2D eigenvalue weighted by Gasteiger charge is -2.19. The number of nitrogens with two attached hydrogens (primary N) is 1. The van der Waals surface area contributed by atoms with Crippen LogP contribution in [0.2, 0.25) is 0 Å². The topological polar surface area (TPSA) is 87.7 Å². The van der Waals surface area contributed by atoms with Crippen LogP contribution in [0.1, 0.15) is 39.2 Å². The Morgan fingerprint density at radius 3 is 2.25 bits per heavy atom. The van der Waals surface area contributed by atoms with Gasteiger partial charge in [0, 0.05) is 5.69 Å². The Hall–Kier alpha value is -2.04. The maximum atomic E-state index is 12.2. The van der Waals surface area contributed by atoms with E-state index in [2.05, 4.69) is 31.2 Å². The monoisotopic (exact) mass is 275 g/mol. The summed E-state index contributed by atoms with van der Waals surface area (Å²) in [5, 5.41) is 14.5. The Kier molecular flexibility index (Phi) is 3.46. The molecular weight excluding hydrogens is 254 g/mol. The van der Waals surface area contributed by atoms with Gasteiger partial charge in [0.15, 0.2) is 5.84 Å². The zero-order chi connectivity index (χ0) is 15.0. The lowest BCUT2D eigenvalue weighted by atomic mass is 9.87. The van der Waals surface area contributed by atoms with Crippen LogP contribution < -0.4 is 11.1 Å². The van der Waals surface area contributed by atoms with Gasteiger partial charge in [-0.2, -0.15) is 0 Å². The summed E-state index contributed by atoms with van der Waals surface area (Å²) in [6.45, 7) is 6.41. The van der Waals surface area contributed by atoms with Crippen LogP contribution in [-0.2, 0) is 10.2 Å². The van der Waals surface area contributed by atoms with Crippen LogP contribution in [0.4, 0.5) is 5.69 Å². The summed E-state index contributed by atoms with van der Waals surface area (Å²) >= 11 is 0. The van der Waals surface area contributed by atoms with Gasteiger partial charge in [-0.1, -0.05) is 38.1 Å². The molecule has 1 aromatic rings. The number of hydrogen-bond donors (Lipinski definition) is 3. The van der Waals surface area contributed by atoms with Gasteiger partial charge in [-0.05, 0) is 36.0 Å². The van der Waals surface area contributed by atoms with Gasteiger partial charge in [0.25, 0.3) is 0 Å². The third-order valence-corrected chi connectivity index (χ3v) is 3.79. The molecule has 0 atom stereocenters. The molecule has 5 nitrogen and oxygen atoms in total. The molecule has 0 aromatic heterocycles. The molecule has 0 unspecified atom stereocenters. The van der Waals surface area contributed by atoms with Crippen molar-refractivity contribution in [1.29, 1.82) is 0 Å². The number of carbonyl (C=O) groups excluding carboxylic acids is 1. The van der Waals surface area contributed by atoms with E-state index < -0.39 is 5.41 Å². The molecule has 1 aliphatic carbocycles. The molecule has 4 N–H and O–H groups in total. The summed E-state index contributed by atoms with van der Waals surface area (Å²) in [4.78, 5) is 12.2. The van der Waals surface area contributed by atoms with Gasteiger partial charge < -0.3 is 16.3 Å². The summed E-state index contributed by atoms with van der Waals surface area (Å²) in [6.07, 6.45) is 1.24. The molecule has 0 bridgehead atoms. The van der Waals surface area contributed by atoms with Crippen molar-refractivity contribution >= 4 is 17.4 Å². The predicted molar refractivity (Wildman–Crippen MR) is 78.8 cm³/mol. The first-order chi connectivity index (χ1) is 9.29. The zero-order valence-corrected chi connectivity index (χ0v) is 12.1. The molecule has 0 heterocycles. The number of carbonyl (C=O) groups is 1. The molecule has 0 spiro atoms. The first kappa shape index (κ1) is 14.4. The molecule has 1 saturated carbocycles. The predicted octanol–water partition coefficient (Wildman–Crippen LogP) is 2.45. The number of oxime groups is 1. The number of amides is 1. The second-order valence-electron chi connectivity index (χ2n) is 6.35. The Bertz CT molecular complexity index is 537. The van der Waals surface area contributed by atoms with E-state index in [1.54, 1.807) is 0 Å². The maximum Gasteiger partial charge on any atom is 0.238 e. The highest BCUT2D eigenvalue weighted by Gasteiger charge is 2.54. The van der Waals surface area contributed by atoms with Crippen molar-refractivity contribution in [2.45, 2.75) is 39.0 Å². The van der Waals surface area contributed by atoms with Gasteiger partial charge >= 0.3 is 0 Å². The van der Waals surface area contributed by atoms with Crippen LogP contribution in [0.3, 0.4) is 0 Å². The van der Waals surface area contributed by atoms with Gasteiger partial charge in [-0.3, -0.25) is 4.79 Å². The van der Waals surface area contributed by atoms with Gasteiger partial charge in [-0.25, -0.2) is 0 Å². The van der Waals surface area contributed by atoms with E-state index in [0.717, 1.165) is 5.69 Å². The Labute approximate surface area is 118 Å². The van der Waals surface area contributed by atoms with Crippen molar-refractivity contribution in [1.82, 2.24) is 0 Å². The second-order valence-corrected chi connectivity index (χ2v) is 6.35. The molecule has 1 aromatic carbocycles. The highest BCUT2D eigenvalue weighted by Crippen LogP contribution is 2.46.